The Kier molecular flexibility index (Phi) is 4.57. The lowest BCUT2D eigenvalue weighted by molar-refractivity contribution is -0.880. The van der Waals surface area contributed by atoms with Gasteiger partial charge in [-0.3, -0.25) is 4.79 Å². The first-order valence-electron chi connectivity index (χ1n) is 7.85. The number of anilines is 2. The molecule has 1 heterocycles. The minimum atomic E-state index is -0.347. The van der Waals surface area contributed by atoms with Gasteiger partial charge in [-0.25, -0.2) is 4.39 Å². The lowest BCUT2D eigenvalue weighted by atomic mass is 10.2. The van der Waals surface area contributed by atoms with Gasteiger partial charge in [0.2, 0.25) is 0 Å². The molecule has 0 unspecified atom stereocenters. The predicted octanol–water partition coefficient (Wildman–Crippen LogP) is 1.41. The third-order valence-electron chi connectivity index (χ3n) is 4.21. The van der Waals surface area contributed by atoms with Gasteiger partial charge < -0.3 is 15.1 Å². The van der Waals surface area contributed by atoms with Crippen molar-refractivity contribution in [1.82, 2.24) is 0 Å². The molecule has 1 fully saturated rings. The summed E-state index contributed by atoms with van der Waals surface area (Å²) in [6, 6.07) is 13.4. The van der Waals surface area contributed by atoms with Crippen LogP contribution in [0.25, 0.3) is 0 Å². The van der Waals surface area contributed by atoms with Crippen LogP contribution in [-0.4, -0.2) is 39.1 Å². The fraction of sp³-hybridized carbons (Fsp3) is 0.278. The summed E-state index contributed by atoms with van der Waals surface area (Å²) in [5.74, 6) is -0.583. The first kappa shape index (κ1) is 15.5. The van der Waals surface area contributed by atoms with Crippen molar-refractivity contribution in [3.63, 3.8) is 0 Å². The monoisotopic (exact) mass is 314 g/mol. The van der Waals surface area contributed by atoms with Crippen LogP contribution in [0.15, 0.2) is 48.5 Å². The number of quaternary nitrogens is 1. The van der Waals surface area contributed by atoms with Gasteiger partial charge in [-0.05, 0) is 48.5 Å². The van der Waals surface area contributed by atoms with Crippen molar-refractivity contribution in [2.45, 2.75) is 0 Å². The van der Waals surface area contributed by atoms with Crippen LogP contribution < -0.4 is 15.1 Å². The van der Waals surface area contributed by atoms with Crippen LogP contribution in [0.4, 0.5) is 15.8 Å². The molecule has 2 aromatic rings. The zero-order valence-corrected chi connectivity index (χ0v) is 13.2. The fourth-order valence-corrected chi connectivity index (χ4v) is 2.71. The number of amides is 1. The molecule has 120 valence electrons. The smallest absolute Gasteiger partial charge is 0.255 e. The van der Waals surface area contributed by atoms with E-state index in [4.69, 9.17) is 0 Å². The highest BCUT2D eigenvalue weighted by Gasteiger charge is 2.16. The fourth-order valence-electron chi connectivity index (χ4n) is 2.71. The summed E-state index contributed by atoms with van der Waals surface area (Å²) in [6.07, 6.45) is 0. The summed E-state index contributed by atoms with van der Waals surface area (Å²) >= 11 is 0. The molecule has 0 radical (unpaired) electrons. The van der Waals surface area contributed by atoms with Crippen LogP contribution >= 0.6 is 0 Å². The van der Waals surface area contributed by atoms with Crippen molar-refractivity contribution in [2.24, 2.45) is 0 Å². The Balaban J connectivity index is 1.63. The highest BCUT2D eigenvalue weighted by atomic mass is 19.1. The summed E-state index contributed by atoms with van der Waals surface area (Å²) in [5.41, 5.74) is 2.36. The number of hydrogen-bond donors (Lipinski definition) is 2. The molecule has 3 rings (SSSR count). The van der Waals surface area contributed by atoms with Crippen molar-refractivity contribution >= 4 is 17.3 Å². The first-order valence-corrected chi connectivity index (χ1v) is 7.85. The second-order valence-electron chi connectivity index (χ2n) is 5.95. The maximum Gasteiger partial charge on any atom is 0.255 e. The van der Waals surface area contributed by atoms with Crippen LogP contribution in [0.3, 0.4) is 0 Å². The lowest BCUT2D eigenvalue weighted by Crippen LogP contribution is -3.12. The van der Waals surface area contributed by atoms with Crippen molar-refractivity contribution < 1.29 is 14.1 Å². The summed E-state index contributed by atoms with van der Waals surface area (Å²) in [6.45, 7) is 4.38. The molecule has 0 aromatic heterocycles. The predicted molar refractivity (Wildman–Crippen MR) is 89.6 cm³/mol. The zero-order chi connectivity index (χ0) is 16.2. The second-order valence-corrected chi connectivity index (χ2v) is 5.95. The Labute approximate surface area is 135 Å². The van der Waals surface area contributed by atoms with Gasteiger partial charge in [-0.15, -0.1) is 0 Å². The highest BCUT2D eigenvalue weighted by molar-refractivity contribution is 6.04. The molecule has 2 aromatic carbocycles. The lowest BCUT2D eigenvalue weighted by Gasteiger charge is -2.31. The zero-order valence-electron chi connectivity index (χ0n) is 13.2. The Morgan fingerprint density at radius 3 is 2.26 bits per heavy atom. The molecular weight excluding hydrogens is 293 g/mol. The number of carbonyl (C=O) groups excluding carboxylic acids is 1. The molecule has 0 spiro atoms. The summed E-state index contributed by atoms with van der Waals surface area (Å²) in [4.78, 5) is 16.0. The molecule has 1 aliphatic heterocycles. The maximum absolute atomic E-state index is 12.9. The number of hydrogen-bond acceptors (Lipinski definition) is 2. The van der Waals surface area contributed by atoms with E-state index in [0.717, 1.165) is 31.9 Å². The molecule has 0 saturated carbocycles. The van der Waals surface area contributed by atoms with Crippen molar-refractivity contribution in [3.8, 4) is 0 Å². The molecule has 1 amide bonds. The minimum absolute atomic E-state index is 0.235. The van der Waals surface area contributed by atoms with Gasteiger partial charge in [0.05, 0.1) is 33.2 Å². The number of likely N-dealkylation sites (N-methyl/N-ethyl adjacent to an activating group) is 1. The number of benzene rings is 2. The molecule has 0 bridgehead atoms. The number of nitrogens with one attached hydrogen (secondary N) is 2. The van der Waals surface area contributed by atoms with Crippen LogP contribution in [0.1, 0.15) is 10.4 Å². The number of piperazine rings is 1. The number of rotatable bonds is 3. The molecule has 1 saturated heterocycles. The van der Waals surface area contributed by atoms with Gasteiger partial charge in [-0.1, -0.05) is 0 Å². The Morgan fingerprint density at radius 1 is 1.04 bits per heavy atom. The van der Waals surface area contributed by atoms with Gasteiger partial charge in [0.25, 0.3) is 5.91 Å². The largest absolute Gasteiger partial charge is 0.360 e. The topological polar surface area (TPSA) is 36.8 Å². The van der Waals surface area contributed by atoms with Crippen molar-refractivity contribution in [2.75, 3.05) is 43.4 Å². The van der Waals surface area contributed by atoms with Crippen LogP contribution in [-0.2, 0) is 0 Å². The van der Waals surface area contributed by atoms with Crippen molar-refractivity contribution in [3.05, 3.63) is 59.9 Å². The molecule has 2 N–H and O–H groups in total. The Morgan fingerprint density at radius 2 is 1.65 bits per heavy atom. The highest BCUT2D eigenvalue weighted by Crippen LogP contribution is 2.18. The molecule has 0 atom stereocenters. The van der Waals surface area contributed by atoms with Gasteiger partial charge in [0.1, 0.15) is 5.82 Å². The van der Waals surface area contributed by atoms with E-state index in [-0.39, 0.29) is 11.7 Å². The molecule has 1 aliphatic rings. The number of carbonyl (C=O) groups is 1. The van der Waals surface area contributed by atoms with Crippen molar-refractivity contribution in [1.29, 1.82) is 0 Å². The van der Waals surface area contributed by atoms with E-state index in [1.807, 2.05) is 24.3 Å². The van der Waals surface area contributed by atoms with Gasteiger partial charge in [0.15, 0.2) is 0 Å². The van der Waals surface area contributed by atoms with E-state index in [9.17, 15) is 9.18 Å². The SMILES string of the molecule is C[NH+]1CCN(c2ccc(NC(=O)c3ccc(F)cc3)cc2)CC1. The van der Waals surface area contributed by atoms with Gasteiger partial charge in [-0.2, -0.15) is 0 Å². The van der Waals surface area contributed by atoms with E-state index >= 15 is 0 Å². The van der Waals surface area contributed by atoms with E-state index in [0.29, 0.717) is 5.56 Å². The minimum Gasteiger partial charge on any atom is -0.360 e. The third kappa shape index (κ3) is 3.87. The van der Waals surface area contributed by atoms with E-state index in [1.165, 1.54) is 30.0 Å². The number of halogens is 1. The van der Waals surface area contributed by atoms with E-state index < -0.39 is 0 Å². The van der Waals surface area contributed by atoms with Gasteiger partial charge >= 0.3 is 0 Å². The molecule has 23 heavy (non-hydrogen) atoms. The van der Waals surface area contributed by atoms with E-state index in [1.54, 1.807) is 4.90 Å². The quantitative estimate of drug-likeness (QED) is 0.899. The second kappa shape index (κ2) is 6.79. The summed E-state index contributed by atoms with van der Waals surface area (Å²) in [7, 11) is 2.21. The van der Waals surface area contributed by atoms with Crippen LogP contribution in [0.5, 0.6) is 0 Å². The molecular formula is C18H21FN3O+. The average Bonchev–Trinajstić information content (AvgIpc) is 2.57. The Bertz CT molecular complexity index is 662. The molecule has 0 aliphatic carbocycles. The molecule has 4 nitrogen and oxygen atoms in total. The number of nitrogens with zero attached hydrogens (tertiary/aromatic N) is 1. The van der Waals surface area contributed by atoms with Crippen LogP contribution in [0, 0.1) is 5.82 Å². The summed E-state index contributed by atoms with van der Waals surface area (Å²) in [5, 5.41) is 2.83. The maximum atomic E-state index is 12.9. The average molecular weight is 314 g/mol. The first-order chi connectivity index (χ1) is 11.1. The summed E-state index contributed by atoms with van der Waals surface area (Å²) < 4.78 is 12.9. The van der Waals surface area contributed by atoms with Gasteiger partial charge in [0, 0.05) is 16.9 Å². The standard InChI is InChI=1S/C18H20FN3O/c1-21-10-12-22(13-11-21)17-8-6-16(7-9-17)20-18(23)14-2-4-15(19)5-3-14/h2-9H,10-13H2,1H3,(H,20,23)/p+1. The Hall–Kier alpha value is -2.40. The van der Waals surface area contributed by atoms with E-state index in [2.05, 4.69) is 17.3 Å². The van der Waals surface area contributed by atoms with Crippen LogP contribution in [0.2, 0.25) is 0 Å². The molecule has 5 heteroatoms. The third-order valence-corrected chi connectivity index (χ3v) is 4.21. The normalized spacial score (nSPS) is 15.5.